The van der Waals surface area contributed by atoms with Gasteiger partial charge in [0.25, 0.3) is 0 Å². The van der Waals surface area contributed by atoms with Crippen molar-refractivity contribution in [3.05, 3.63) is 81.9 Å². The minimum atomic E-state index is -4.26. The Morgan fingerprint density at radius 3 is 2.21 bits per heavy atom. The molecule has 0 aromatic heterocycles. The summed E-state index contributed by atoms with van der Waals surface area (Å²) < 4.78 is 38.5. The summed E-state index contributed by atoms with van der Waals surface area (Å²) in [6, 6.07) is 10.4. The molecule has 154 valence electrons. The van der Waals surface area contributed by atoms with E-state index in [1.807, 2.05) is 0 Å². The Bertz CT molecular complexity index is 874. The zero-order valence-corrected chi connectivity index (χ0v) is 17.1. The first kappa shape index (κ1) is 20.3. The Hall–Kier alpha value is -2.03. The zero-order chi connectivity index (χ0) is 20.4. The molecule has 0 aliphatic heterocycles. The first-order valence-electron chi connectivity index (χ1n) is 10.9. The third-order valence-electron chi connectivity index (χ3n) is 6.83. The van der Waals surface area contributed by atoms with Crippen molar-refractivity contribution in [2.75, 3.05) is 0 Å². The van der Waals surface area contributed by atoms with Gasteiger partial charge in [-0.3, -0.25) is 0 Å². The van der Waals surface area contributed by atoms with Gasteiger partial charge in [-0.2, -0.15) is 13.2 Å². The van der Waals surface area contributed by atoms with E-state index in [1.54, 1.807) is 17.7 Å². The SMILES string of the molecule is C/C=C/CC[C@H]1CCc2c(ccc3c2CC[C@H](c2ccc(C(F)(F)F)cc2)C3)C1. The van der Waals surface area contributed by atoms with Gasteiger partial charge >= 0.3 is 6.18 Å². The molecule has 2 aliphatic carbocycles. The van der Waals surface area contributed by atoms with Crippen LogP contribution in [0.4, 0.5) is 13.2 Å². The molecule has 0 radical (unpaired) electrons. The lowest BCUT2D eigenvalue weighted by Gasteiger charge is -2.32. The van der Waals surface area contributed by atoms with Gasteiger partial charge in [-0.05, 0) is 110 Å². The Morgan fingerprint density at radius 2 is 1.55 bits per heavy atom. The van der Waals surface area contributed by atoms with Gasteiger partial charge in [-0.15, -0.1) is 0 Å². The fourth-order valence-corrected chi connectivity index (χ4v) is 5.22. The molecule has 0 bridgehead atoms. The van der Waals surface area contributed by atoms with Gasteiger partial charge in [0, 0.05) is 0 Å². The topological polar surface area (TPSA) is 0 Å². The summed E-state index contributed by atoms with van der Waals surface area (Å²) in [7, 11) is 0. The van der Waals surface area contributed by atoms with Crippen LogP contribution in [0.15, 0.2) is 48.6 Å². The maximum absolute atomic E-state index is 12.8. The average Bonchev–Trinajstić information content (AvgIpc) is 2.73. The van der Waals surface area contributed by atoms with Crippen LogP contribution < -0.4 is 0 Å². The fraction of sp³-hybridized carbons (Fsp3) is 0.462. The number of halogens is 3. The lowest BCUT2D eigenvalue weighted by atomic mass is 9.73. The highest BCUT2D eigenvalue weighted by Gasteiger charge is 2.31. The number of benzene rings is 2. The summed E-state index contributed by atoms with van der Waals surface area (Å²) in [6.45, 7) is 2.08. The van der Waals surface area contributed by atoms with E-state index in [1.165, 1.54) is 60.9 Å². The minimum absolute atomic E-state index is 0.319. The summed E-state index contributed by atoms with van der Waals surface area (Å²) in [6.07, 6.45) is 9.28. The molecular weight excluding hydrogens is 369 g/mol. The highest BCUT2D eigenvalue weighted by Crippen LogP contribution is 2.39. The number of rotatable bonds is 4. The van der Waals surface area contributed by atoms with Gasteiger partial charge < -0.3 is 0 Å². The van der Waals surface area contributed by atoms with Crippen LogP contribution in [0.3, 0.4) is 0 Å². The van der Waals surface area contributed by atoms with E-state index in [0.29, 0.717) is 5.92 Å². The molecule has 2 aliphatic rings. The molecule has 0 heterocycles. The highest BCUT2D eigenvalue weighted by molar-refractivity contribution is 5.45. The molecule has 0 N–H and O–H groups in total. The summed E-state index contributed by atoms with van der Waals surface area (Å²) in [5.41, 5.74) is 6.54. The second kappa shape index (κ2) is 8.38. The molecule has 4 rings (SSSR count). The van der Waals surface area contributed by atoms with E-state index >= 15 is 0 Å². The lowest BCUT2D eigenvalue weighted by Crippen LogP contribution is -2.20. The molecule has 3 heteroatoms. The summed E-state index contributed by atoms with van der Waals surface area (Å²) in [4.78, 5) is 0. The van der Waals surface area contributed by atoms with Crippen molar-refractivity contribution < 1.29 is 13.2 Å². The Balaban J connectivity index is 1.47. The first-order valence-corrected chi connectivity index (χ1v) is 10.9. The quantitative estimate of drug-likeness (QED) is 0.470. The lowest BCUT2D eigenvalue weighted by molar-refractivity contribution is -0.137. The Kier molecular flexibility index (Phi) is 5.85. The van der Waals surface area contributed by atoms with E-state index in [4.69, 9.17) is 0 Å². The molecular formula is C26H29F3. The van der Waals surface area contributed by atoms with Crippen molar-refractivity contribution in [2.45, 2.75) is 70.4 Å². The van der Waals surface area contributed by atoms with Crippen molar-refractivity contribution in [2.24, 2.45) is 5.92 Å². The minimum Gasteiger partial charge on any atom is -0.166 e. The Labute approximate surface area is 171 Å². The zero-order valence-electron chi connectivity index (χ0n) is 17.1. The highest BCUT2D eigenvalue weighted by atomic mass is 19.4. The van der Waals surface area contributed by atoms with Crippen LogP contribution in [-0.4, -0.2) is 0 Å². The summed E-state index contributed by atoms with van der Waals surface area (Å²) in [5, 5.41) is 0. The molecule has 0 unspecified atom stereocenters. The predicted molar refractivity (Wildman–Crippen MR) is 112 cm³/mol. The smallest absolute Gasteiger partial charge is 0.166 e. The summed E-state index contributed by atoms with van der Waals surface area (Å²) >= 11 is 0. The van der Waals surface area contributed by atoms with Crippen LogP contribution in [0.25, 0.3) is 0 Å². The molecule has 29 heavy (non-hydrogen) atoms. The molecule has 2 aromatic carbocycles. The van der Waals surface area contributed by atoms with Crippen LogP contribution >= 0.6 is 0 Å². The molecule has 2 aromatic rings. The van der Waals surface area contributed by atoms with E-state index in [2.05, 4.69) is 31.2 Å². The second-order valence-electron chi connectivity index (χ2n) is 8.66. The average molecular weight is 399 g/mol. The van der Waals surface area contributed by atoms with Gasteiger partial charge in [0.1, 0.15) is 0 Å². The van der Waals surface area contributed by atoms with Crippen molar-refractivity contribution in [1.82, 2.24) is 0 Å². The van der Waals surface area contributed by atoms with Crippen LogP contribution in [0.1, 0.15) is 71.9 Å². The number of alkyl halides is 3. The van der Waals surface area contributed by atoms with Crippen LogP contribution in [0.2, 0.25) is 0 Å². The number of hydrogen-bond acceptors (Lipinski definition) is 0. The van der Waals surface area contributed by atoms with Crippen molar-refractivity contribution in [3.63, 3.8) is 0 Å². The first-order chi connectivity index (χ1) is 14.0. The number of hydrogen-bond donors (Lipinski definition) is 0. The normalized spacial score (nSPS) is 21.8. The van der Waals surface area contributed by atoms with Crippen LogP contribution in [-0.2, 0) is 31.9 Å². The summed E-state index contributed by atoms with van der Waals surface area (Å²) in [5.74, 6) is 1.11. The third kappa shape index (κ3) is 4.44. The Morgan fingerprint density at radius 1 is 0.897 bits per heavy atom. The number of fused-ring (bicyclic) bond motifs is 3. The van der Waals surface area contributed by atoms with Crippen LogP contribution in [0.5, 0.6) is 0 Å². The second-order valence-corrected chi connectivity index (χ2v) is 8.66. The van der Waals surface area contributed by atoms with E-state index in [-0.39, 0.29) is 0 Å². The van der Waals surface area contributed by atoms with Crippen molar-refractivity contribution in [3.8, 4) is 0 Å². The molecule has 2 atom stereocenters. The molecule has 0 saturated heterocycles. The van der Waals surface area contributed by atoms with Crippen LogP contribution in [0, 0.1) is 5.92 Å². The molecule has 0 amide bonds. The van der Waals surface area contributed by atoms with Gasteiger partial charge in [0.15, 0.2) is 0 Å². The number of allylic oxidation sites excluding steroid dienone is 2. The molecule has 0 saturated carbocycles. The van der Waals surface area contributed by atoms with Crippen molar-refractivity contribution >= 4 is 0 Å². The monoisotopic (exact) mass is 398 g/mol. The van der Waals surface area contributed by atoms with E-state index in [9.17, 15) is 13.2 Å². The van der Waals surface area contributed by atoms with E-state index in [0.717, 1.165) is 30.7 Å². The maximum Gasteiger partial charge on any atom is 0.416 e. The fourth-order valence-electron chi connectivity index (χ4n) is 5.22. The van der Waals surface area contributed by atoms with Gasteiger partial charge in [-0.1, -0.05) is 36.4 Å². The van der Waals surface area contributed by atoms with Crippen molar-refractivity contribution in [1.29, 1.82) is 0 Å². The van der Waals surface area contributed by atoms with Gasteiger partial charge in [-0.25, -0.2) is 0 Å². The maximum atomic E-state index is 12.8. The van der Waals surface area contributed by atoms with E-state index < -0.39 is 11.7 Å². The largest absolute Gasteiger partial charge is 0.416 e. The predicted octanol–water partition coefficient (Wildman–Crippen LogP) is 7.44. The molecule has 0 spiro atoms. The molecule has 0 fully saturated rings. The standard InChI is InChI=1S/C26H29F3/c1-2-3-4-5-18-6-14-24-21(16-18)7-8-22-17-20(11-15-25(22)24)19-9-12-23(13-10-19)26(27,28)29/h2-3,7-10,12-13,18,20H,4-6,11,14-17H2,1H3/b3-2+/t18-,20-/m0/s1. The molecule has 0 nitrogen and oxygen atoms in total. The third-order valence-corrected chi connectivity index (χ3v) is 6.83. The van der Waals surface area contributed by atoms with Gasteiger partial charge in [0.05, 0.1) is 5.56 Å². The van der Waals surface area contributed by atoms with Gasteiger partial charge in [0.2, 0.25) is 0 Å².